The summed E-state index contributed by atoms with van der Waals surface area (Å²) in [6.45, 7) is 4.59. The number of rotatable bonds is 1. The summed E-state index contributed by atoms with van der Waals surface area (Å²) in [6.07, 6.45) is 4.41. The number of phenolic OH excluding ortho intramolecular Hbond substituents is 3. The molecule has 3 aromatic carbocycles. The molecule has 1 fully saturated rings. The fourth-order valence-electron chi connectivity index (χ4n) is 1.98. The third-order valence-electron chi connectivity index (χ3n) is 3.52. The van der Waals surface area contributed by atoms with Crippen molar-refractivity contribution in [3.8, 4) is 17.2 Å². The van der Waals surface area contributed by atoms with E-state index in [1.165, 1.54) is 18.9 Å². The predicted octanol–water partition coefficient (Wildman–Crippen LogP) is 5.65. The first-order valence-electron chi connectivity index (χ1n) is 9.36. The number of benzene rings is 3. The minimum absolute atomic E-state index is 0.292. The van der Waals surface area contributed by atoms with Crippen molar-refractivity contribution < 1.29 is 19.7 Å². The Hall–Kier alpha value is -3.02. The second-order valence-electron chi connectivity index (χ2n) is 5.92. The molecule has 4 nitrogen and oxygen atoms in total. The van der Waals surface area contributed by atoms with Gasteiger partial charge in [0.25, 0.3) is 0 Å². The van der Waals surface area contributed by atoms with E-state index in [9.17, 15) is 0 Å². The van der Waals surface area contributed by atoms with E-state index < -0.39 is 0 Å². The van der Waals surface area contributed by atoms with Gasteiger partial charge in [0.15, 0.2) is 0 Å². The number of phenols is 3. The molecule has 5 heteroatoms. The smallest absolute Gasteiger partial charge is 0.229 e. The van der Waals surface area contributed by atoms with Crippen molar-refractivity contribution >= 4 is 15.8 Å². The van der Waals surface area contributed by atoms with Gasteiger partial charge >= 0.3 is 0 Å². The number of para-hydroxylation sites is 2. The van der Waals surface area contributed by atoms with E-state index in [0.717, 1.165) is 21.9 Å². The van der Waals surface area contributed by atoms with E-state index in [1.54, 1.807) is 66.7 Å². The van der Waals surface area contributed by atoms with Crippen LogP contribution in [0.3, 0.4) is 0 Å². The van der Waals surface area contributed by atoms with Crippen LogP contribution in [-0.4, -0.2) is 31.7 Å². The summed E-state index contributed by atoms with van der Waals surface area (Å²) in [5.41, 5.74) is 1.02. The molecule has 1 saturated heterocycles. The second-order valence-corrected chi connectivity index (χ2v) is 6.99. The largest absolute Gasteiger partial charge is 0.508 e. The quantitative estimate of drug-likeness (QED) is 0.455. The van der Waals surface area contributed by atoms with Gasteiger partial charge in [0, 0.05) is 6.61 Å². The highest BCUT2D eigenvalue weighted by Crippen LogP contribution is 2.09. The zero-order chi connectivity index (χ0) is 21.2. The first kappa shape index (κ1) is 24.0. The highest BCUT2D eigenvalue weighted by Gasteiger charge is 1.97. The third-order valence-corrected chi connectivity index (χ3v) is 4.48. The number of hydrogen-bond acceptors (Lipinski definition) is 4. The van der Waals surface area contributed by atoms with Crippen LogP contribution in [0, 0.1) is 0 Å². The summed E-state index contributed by atoms with van der Waals surface area (Å²) < 4.78 is 5.10. The lowest BCUT2D eigenvalue weighted by atomic mass is 10.2. The first-order valence-corrected chi connectivity index (χ1v) is 10.5. The second kappa shape index (κ2) is 16.0. The molecule has 152 valence electrons. The minimum Gasteiger partial charge on any atom is -0.508 e. The minimum atomic E-state index is 0.292. The Morgan fingerprint density at radius 1 is 0.690 bits per heavy atom. The molecule has 0 bridgehead atoms. The van der Waals surface area contributed by atoms with E-state index in [-0.39, 0.29) is 0 Å². The zero-order valence-electron chi connectivity index (χ0n) is 16.4. The van der Waals surface area contributed by atoms with Crippen LogP contribution in [0.15, 0.2) is 91.5 Å². The van der Waals surface area contributed by atoms with E-state index in [0.29, 0.717) is 17.2 Å². The topological polar surface area (TPSA) is 69.9 Å². The fraction of sp³-hybridized carbons (Fsp3) is 0.167. The van der Waals surface area contributed by atoms with Gasteiger partial charge < -0.3 is 19.7 Å². The number of aromatic hydroxyl groups is 3. The molecule has 2 radical (unpaired) electrons. The lowest BCUT2D eigenvalue weighted by Gasteiger charge is -2.06. The molecule has 0 spiro atoms. The highest BCUT2D eigenvalue weighted by atomic mass is 28.2. The van der Waals surface area contributed by atoms with Gasteiger partial charge in [-0.3, -0.25) is 0 Å². The van der Waals surface area contributed by atoms with Crippen molar-refractivity contribution in [1.82, 2.24) is 0 Å². The Kier molecular flexibility index (Phi) is 13.2. The summed E-state index contributed by atoms with van der Waals surface area (Å²) in [6, 6.07) is 25.6. The molecule has 1 heterocycles. The van der Waals surface area contributed by atoms with E-state index in [1.807, 2.05) is 24.3 Å². The monoisotopic (exact) mass is 408 g/mol. The Morgan fingerprint density at radius 3 is 1.41 bits per heavy atom. The molecule has 29 heavy (non-hydrogen) atoms. The lowest BCUT2D eigenvalue weighted by molar-refractivity contribution is 0.304. The Morgan fingerprint density at radius 2 is 1.17 bits per heavy atom. The molecule has 1 aliphatic heterocycles. The Labute approximate surface area is 175 Å². The van der Waals surface area contributed by atoms with Gasteiger partial charge in [-0.2, -0.15) is 0 Å². The van der Waals surface area contributed by atoms with Gasteiger partial charge in [-0.25, -0.2) is 0 Å². The lowest BCUT2D eigenvalue weighted by Crippen LogP contribution is -2.06. The molecule has 0 aliphatic carbocycles. The van der Waals surface area contributed by atoms with Crippen molar-refractivity contribution in [3.63, 3.8) is 0 Å². The third kappa shape index (κ3) is 13.7. The molecule has 0 amide bonds. The Balaban J connectivity index is 0.000000195. The van der Waals surface area contributed by atoms with E-state index >= 15 is 0 Å². The molecule has 3 N–H and O–H groups in total. The summed E-state index contributed by atoms with van der Waals surface area (Å²) >= 11 is 0. The maximum absolute atomic E-state index is 8.82. The van der Waals surface area contributed by atoms with Crippen LogP contribution in [0.4, 0.5) is 0 Å². The highest BCUT2D eigenvalue weighted by molar-refractivity contribution is 6.27. The van der Waals surface area contributed by atoms with Gasteiger partial charge in [-0.1, -0.05) is 67.6 Å². The Bertz CT molecular complexity index is 709. The van der Waals surface area contributed by atoms with Crippen LogP contribution in [0.25, 0.3) is 6.08 Å². The van der Waals surface area contributed by atoms with Crippen molar-refractivity contribution in [2.45, 2.75) is 18.9 Å². The van der Waals surface area contributed by atoms with Gasteiger partial charge in [-0.15, -0.1) is 0 Å². The molecular formula is C24H28O4Si. The summed E-state index contributed by atoms with van der Waals surface area (Å²) in [4.78, 5) is 0. The number of hydrogen-bond donors (Lipinski definition) is 3. The van der Waals surface area contributed by atoms with Gasteiger partial charge in [0.1, 0.15) is 17.2 Å². The summed E-state index contributed by atoms with van der Waals surface area (Å²) in [7, 11) is 0.802. The van der Waals surface area contributed by atoms with Crippen LogP contribution in [0.1, 0.15) is 18.4 Å². The van der Waals surface area contributed by atoms with E-state index in [2.05, 4.69) is 6.58 Å². The van der Waals surface area contributed by atoms with Crippen LogP contribution < -0.4 is 0 Å². The first-order chi connectivity index (χ1) is 14.1. The molecule has 0 aromatic heterocycles. The SMILES string of the molecule is C1CC[Si]OC1.C=Cc1ccc(O)cc1.Oc1ccccc1.Oc1ccccc1. The molecule has 0 atom stereocenters. The standard InChI is InChI=1S/C8H8O.2C6H6O.C4H8OSi/c1-2-7-3-5-8(9)6-4-7;2*7-6-4-2-1-3-5-6;1-2-4-6-5-3-1/h2-6,9H,1H2;2*1-5,7H;1-4H2. The molecule has 0 saturated carbocycles. The molecular weight excluding hydrogens is 380 g/mol. The van der Waals surface area contributed by atoms with Crippen molar-refractivity contribution in [1.29, 1.82) is 0 Å². The van der Waals surface area contributed by atoms with Crippen LogP contribution in [0.5, 0.6) is 17.2 Å². The predicted molar refractivity (Wildman–Crippen MR) is 120 cm³/mol. The summed E-state index contributed by atoms with van der Waals surface area (Å²) in [5, 5.41) is 26.1. The molecule has 3 aromatic rings. The maximum Gasteiger partial charge on any atom is 0.229 e. The maximum atomic E-state index is 8.82. The van der Waals surface area contributed by atoms with Crippen LogP contribution in [-0.2, 0) is 4.43 Å². The fourth-order valence-corrected chi connectivity index (χ4v) is 2.81. The van der Waals surface area contributed by atoms with Crippen molar-refractivity contribution in [2.24, 2.45) is 0 Å². The van der Waals surface area contributed by atoms with Gasteiger partial charge in [0.2, 0.25) is 9.76 Å². The summed E-state index contributed by atoms with van der Waals surface area (Å²) in [5.74, 6) is 0.936. The average Bonchev–Trinajstić information content (AvgIpc) is 2.78. The van der Waals surface area contributed by atoms with Crippen molar-refractivity contribution in [2.75, 3.05) is 6.61 Å². The molecule has 1 aliphatic rings. The molecule has 4 rings (SSSR count). The average molecular weight is 409 g/mol. The van der Waals surface area contributed by atoms with E-state index in [4.69, 9.17) is 19.7 Å². The zero-order valence-corrected chi connectivity index (χ0v) is 17.4. The van der Waals surface area contributed by atoms with Gasteiger partial charge in [0.05, 0.1) is 0 Å². The van der Waals surface area contributed by atoms with Crippen molar-refractivity contribution in [3.05, 3.63) is 97.1 Å². The normalized spacial score (nSPS) is 11.9. The van der Waals surface area contributed by atoms with Crippen LogP contribution >= 0.6 is 0 Å². The van der Waals surface area contributed by atoms with Gasteiger partial charge in [-0.05, 0) is 54.4 Å². The molecule has 0 unspecified atom stereocenters. The van der Waals surface area contributed by atoms with Crippen LogP contribution in [0.2, 0.25) is 6.04 Å².